The van der Waals surface area contributed by atoms with Gasteiger partial charge in [-0.25, -0.2) is 0 Å². The van der Waals surface area contributed by atoms with Gasteiger partial charge in [0, 0.05) is 12.6 Å². The molecule has 0 aromatic heterocycles. The number of nitrogens with two attached hydrogens (primary N) is 1. The van der Waals surface area contributed by atoms with E-state index in [0.29, 0.717) is 6.04 Å². The first-order valence-corrected chi connectivity index (χ1v) is 7.27. The molecule has 1 saturated heterocycles. The van der Waals surface area contributed by atoms with Crippen LogP contribution in [0, 0.1) is 11.8 Å². The van der Waals surface area contributed by atoms with Crippen molar-refractivity contribution in [1.82, 2.24) is 4.90 Å². The highest BCUT2D eigenvalue weighted by Gasteiger charge is 2.28. The van der Waals surface area contributed by atoms with Gasteiger partial charge in [0.05, 0.1) is 0 Å². The lowest BCUT2D eigenvalue weighted by atomic mass is 9.89. The summed E-state index contributed by atoms with van der Waals surface area (Å²) in [6.45, 7) is 6.19. The van der Waals surface area contributed by atoms with Crippen LogP contribution >= 0.6 is 0 Å². The Labute approximate surface area is 101 Å². The van der Waals surface area contributed by atoms with Gasteiger partial charge >= 0.3 is 0 Å². The molecule has 0 amide bonds. The third-order valence-corrected chi connectivity index (χ3v) is 4.52. The number of rotatable bonds is 5. The van der Waals surface area contributed by atoms with E-state index in [1.807, 2.05) is 0 Å². The Morgan fingerprint density at radius 3 is 2.69 bits per heavy atom. The minimum atomic E-state index is 0.495. The highest BCUT2D eigenvalue weighted by molar-refractivity contribution is 4.84. The fraction of sp³-hybridized carbons (Fsp3) is 1.00. The quantitative estimate of drug-likeness (QED) is 0.778. The number of hydrogen-bond acceptors (Lipinski definition) is 2. The predicted octanol–water partition coefficient (Wildman–Crippen LogP) is 2.63. The lowest BCUT2D eigenvalue weighted by Crippen LogP contribution is -2.31. The van der Waals surface area contributed by atoms with Gasteiger partial charge in [0.1, 0.15) is 0 Å². The van der Waals surface area contributed by atoms with Crippen molar-refractivity contribution < 1.29 is 0 Å². The van der Waals surface area contributed by atoms with Crippen molar-refractivity contribution in [3.63, 3.8) is 0 Å². The third kappa shape index (κ3) is 3.21. The second-order valence-corrected chi connectivity index (χ2v) is 5.90. The van der Waals surface area contributed by atoms with E-state index >= 15 is 0 Å². The van der Waals surface area contributed by atoms with Crippen LogP contribution in [0.1, 0.15) is 51.9 Å². The van der Waals surface area contributed by atoms with E-state index in [1.165, 1.54) is 64.6 Å². The van der Waals surface area contributed by atoms with E-state index in [9.17, 15) is 0 Å². The van der Waals surface area contributed by atoms with E-state index in [0.717, 1.165) is 11.8 Å². The van der Waals surface area contributed by atoms with Gasteiger partial charge in [0.15, 0.2) is 0 Å². The summed E-state index contributed by atoms with van der Waals surface area (Å²) in [4.78, 5) is 2.62. The van der Waals surface area contributed by atoms with Crippen molar-refractivity contribution >= 4 is 0 Å². The fourth-order valence-corrected chi connectivity index (χ4v) is 3.59. The van der Waals surface area contributed by atoms with Gasteiger partial charge in [0.25, 0.3) is 0 Å². The van der Waals surface area contributed by atoms with Crippen molar-refractivity contribution in [3.05, 3.63) is 0 Å². The molecule has 1 saturated carbocycles. The third-order valence-electron chi connectivity index (χ3n) is 4.52. The van der Waals surface area contributed by atoms with Gasteiger partial charge in [0.2, 0.25) is 0 Å². The first-order valence-electron chi connectivity index (χ1n) is 7.27. The van der Waals surface area contributed by atoms with Crippen molar-refractivity contribution in [2.24, 2.45) is 17.6 Å². The monoisotopic (exact) mass is 224 g/mol. The summed E-state index contributed by atoms with van der Waals surface area (Å²) in [5.41, 5.74) is 6.36. The lowest BCUT2D eigenvalue weighted by molar-refractivity contribution is 0.301. The zero-order valence-electron chi connectivity index (χ0n) is 10.8. The molecule has 0 aromatic rings. The first kappa shape index (κ1) is 12.4. The van der Waals surface area contributed by atoms with Gasteiger partial charge < -0.3 is 10.6 Å². The van der Waals surface area contributed by atoms with Crippen LogP contribution in [0.3, 0.4) is 0 Å². The number of likely N-dealkylation sites (tertiary alicyclic amines) is 1. The summed E-state index contributed by atoms with van der Waals surface area (Å²) in [5, 5.41) is 0. The summed E-state index contributed by atoms with van der Waals surface area (Å²) in [5.74, 6) is 1.74. The van der Waals surface area contributed by atoms with Gasteiger partial charge in [-0.15, -0.1) is 0 Å². The summed E-state index contributed by atoms with van der Waals surface area (Å²) in [6.07, 6.45) is 9.60. The Balaban J connectivity index is 1.69. The van der Waals surface area contributed by atoms with E-state index in [1.54, 1.807) is 0 Å². The minimum absolute atomic E-state index is 0.495. The molecule has 0 radical (unpaired) electrons. The molecule has 2 unspecified atom stereocenters. The molecule has 2 atom stereocenters. The second-order valence-electron chi connectivity index (χ2n) is 5.90. The van der Waals surface area contributed by atoms with E-state index in [-0.39, 0.29) is 0 Å². The highest BCUT2D eigenvalue weighted by Crippen LogP contribution is 2.31. The van der Waals surface area contributed by atoms with Crippen LogP contribution in [0.4, 0.5) is 0 Å². The van der Waals surface area contributed by atoms with Crippen molar-refractivity contribution in [1.29, 1.82) is 0 Å². The Hall–Kier alpha value is -0.0800. The van der Waals surface area contributed by atoms with Gasteiger partial charge in [-0.3, -0.25) is 0 Å². The Morgan fingerprint density at radius 2 is 2.00 bits per heavy atom. The topological polar surface area (TPSA) is 29.3 Å². The molecule has 2 fully saturated rings. The van der Waals surface area contributed by atoms with Crippen LogP contribution in [0.2, 0.25) is 0 Å². The average molecular weight is 224 g/mol. The smallest absolute Gasteiger partial charge is 0.00702 e. The van der Waals surface area contributed by atoms with Crippen LogP contribution in [-0.2, 0) is 0 Å². The molecule has 1 aliphatic heterocycles. The molecule has 2 heteroatoms. The second kappa shape index (κ2) is 6.02. The van der Waals surface area contributed by atoms with Gasteiger partial charge in [-0.05, 0) is 57.0 Å². The van der Waals surface area contributed by atoms with E-state index in [2.05, 4.69) is 11.8 Å². The molecular weight excluding hydrogens is 196 g/mol. The van der Waals surface area contributed by atoms with Crippen LogP contribution in [-0.4, -0.2) is 30.6 Å². The molecule has 2 N–H and O–H groups in total. The molecule has 1 heterocycles. The normalized spacial score (nSPS) is 30.0. The molecular formula is C14H28N2. The standard InChI is InChI=1S/C14H28N2/c1-2-8-16-9-7-12(11-16)10-14(15)13-5-3-4-6-13/h12-14H,2-11,15H2,1H3. The van der Waals surface area contributed by atoms with E-state index < -0.39 is 0 Å². The van der Waals surface area contributed by atoms with E-state index in [4.69, 9.17) is 5.73 Å². The van der Waals surface area contributed by atoms with Gasteiger partial charge in [-0.1, -0.05) is 19.8 Å². The van der Waals surface area contributed by atoms with Crippen molar-refractivity contribution in [2.45, 2.75) is 57.9 Å². The lowest BCUT2D eigenvalue weighted by Gasteiger charge is -2.22. The molecule has 1 aliphatic carbocycles. The van der Waals surface area contributed by atoms with Crippen LogP contribution < -0.4 is 5.73 Å². The zero-order valence-corrected chi connectivity index (χ0v) is 10.8. The molecule has 0 aromatic carbocycles. The summed E-state index contributed by atoms with van der Waals surface area (Å²) in [7, 11) is 0. The van der Waals surface area contributed by atoms with Gasteiger partial charge in [-0.2, -0.15) is 0 Å². The van der Waals surface area contributed by atoms with Crippen LogP contribution in [0.15, 0.2) is 0 Å². The maximum absolute atomic E-state index is 6.36. The molecule has 0 bridgehead atoms. The summed E-state index contributed by atoms with van der Waals surface area (Å²) < 4.78 is 0. The maximum atomic E-state index is 6.36. The zero-order chi connectivity index (χ0) is 11.4. The van der Waals surface area contributed by atoms with Crippen LogP contribution in [0.25, 0.3) is 0 Å². The molecule has 16 heavy (non-hydrogen) atoms. The minimum Gasteiger partial charge on any atom is -0.327 e. The molecule has 2 rings (SSSR count). The summed E-state index contributed by atoms with van der Waals surface area (Å²) in [6, 6.07) is 0.495. The van der Waals surface area contributed by atoms with Crippen LogP contribution in [0.5, 0.6) is 0 Å². The molecule has 0 spiro atoms. The Kier molecular flexibility index (Phi) is 4.66. The predicted molar refractivity (Wildman–Crippen MR) is 69.4 cm³/mol. The van der Waals surface area contributed by atoms with Crippen molar-refractivity contribution in [3.8, 4) is 0 Å². The first-order chi connectivity index (χ1) is 7.79. The van der Waals surface area contributed by atoms with Crippen molar-refractivity contribution in [2.75, 3.05) is 19.6 Å². The fourth-order valence-electron chi connectivity index (χ4n) is 3.59. The maximum Gasteiger partial charge on any atom is 0.00702 e. The number of nitrogens with zero attached hydrogens (tertiary/aromatic N) is 1. The Morgan fingerprint density at radius 1 is 1.25 bits per heavy atom. The number of hydrogen-bond donors (Lipinski definition) is 1. The molecule has 2 aliphatic rings. The summed E-state index contributed by atoms with van der Waals surface area (Å²) >= 11 is 0. The molecule has 2 nitrogen and oxygen atoms in total. The highest BCUT2D eigenvalue weighted by atomic mass is 15.1. The average Bonchev–Trinajstić information content (AvgIpc) is 2.89. The molecule has 94 valence electrons. The Bertz CT molecular complexity index is 199. The SMILES string of the molecule is CCCN1CCC(CC(N)C2CCCC2)C1. The largest absolute Gasteiger partial charge is 0.327 e.